The average Bonchev–Trinajstić information content (AvgIpc) is 3.03. The van der Waals surface area contributed by atoms with Gasteiger partial charge in [0.25, 0.3) is 5.56 Å². The molecule has 126 valence electrons. The fourth-order valence-electron chi connectivity index (χ4n) is 2.99. The van der Waals surface area contributed by atoms with Gasteiger partial charge in [0, 0.05) is 23.2 Å². The van der Waals surface area contributed by atoms with Crippen LogP contribution in [0, 0.1) is 0 Å². The Morgan fingerprint density at radius 2 is 1.84 bits per heavy atom. The van der Waals surface area contributed by atoms with Crippen molar-refractivity contribution in [3.05, 3.63) is 58.9 Å². The summed E-state index contributed by atoms with van der Waals surface area (Å²) in [5.74, 6) is 0. The van der Waals surface area contributed by atoms with Gasteiger partial charge in [-0.2, -0.15) is 5.10 Å². The highest BCUT2D eigenvalue weighted by atomic mass is 16.6. The summed E-state index contributed by atoms with van der Waals surface area (Å²) in [6.45, 7) is 0.738. The van der Waals surface area contributed by atoms with Crippen LogP contribution in [-0.4, -0.2) is 35.5 Å². The molecule has 4 rings (SSSR count). The summed E-state index contributed by atoms with van der Waals surface area (Å²) in [6.07, 6.45) is -0.673. The van der Waals surface area contributed by atoms with Gasteiger partial charge in [0.15, 0.2) is 0 Å². The molecule has 1 atom stereocenters. The van der Waals surface area contributed by atoms with Crippen molar-refractivity contribution in [3.63, 3.8) is 0 Å². The van der Waals surface area contributed by atoms with Crippen molar-refractivity contribution in [1.82, 2.24) is 10.2 Å². The lowest BCUT2D eigenvalue weighted by atomic mass is 10.0. The van der Waals surface area contributed by atoms with Crippen LogP contribution in [0.5, 0.6) is 0 Å². The number of amides is 1. The Kier molecular flexibility index (Phi) is 3.70. The number of fused-ring (bicyclic) bond motifs is 1. The second kappa shape index (κ2) is 6.03. The largest absolute Gasteiger partial charge is 0.443 e. The zero-order chi connectivity index (χ0) is 17.4. The number of cyclic esters (lactones) is 1. The van der Waals surface area contributed by atoms with E-state index in [2.05, 4.69) is 10.2 Å². The van der Waals surface area contributed by atoms with E-state index >= 15 is 0 Å². The van der Waals surface area contributed by atoms with Crippen LogP contribution in [0.15, 0.2) is 53.3 Å². The Bertz CT molecular complexity index is 997. The number of nitrogens with one attached hydrogen (secondary N) is 1. The van der Waals surface area contributed by atoms with Crippen LogP contribution in [0.3, 0.4) is 0 Å². The summed E-state index contributed by atoms with van der Waals surface area (Å²) in [7, 11) is 0. The molecule has 0 spiro atoms. The average molecular weight is 336 g/mol. The molecular weight excluding hydrogens is 320 g/mol. The van der Waals surface area contributed by atoms with Gasteiger partial charge in [-0.25, -0.2) is 9.89 Å². The molecule has 1 aromatic heterocycles. The first-order chi connectivity index (χ1) is 12.2. The minimum Gasteiger partial charge on any atom is -0.443 e. The fourth-order valence-corrected chi connectivity index (χ4v) is 2.99. The van der Waals surface area contributed by atoms with Crippen molar-refractivity contribution in [2.75, 3.05) is 18.0 Å². The quantitative estimate of drug-likeness (QED) is 0.760. The molecule has 1 fully saturated rings. The van der Waals surface area contributed by atoms with Crippen LogP contribution in [0.25, 0.3) is 22.0 Å². The Balaban J connectivity index is 1.71. The van der Waals surface area contributed by atoms with E-state index in [-0.39, 0.29) is 11.7 Å². The first kappa shape index (κ1) is 15.3. The molecule has 7 heteroatoms. The molecule has 0 bridgehead atoms. The Hall–Kier alpha value is -3.19. The highest BCUT2D eigenvalue weighted by Gasteiger charge is 2.31. The maximum absolute atomic E-state index is 11.9. The Labute approximate surface area is 143 Å². The second-order valence-electron chi connectivity index (χ2n) is 5.85. The van der Waals surface area contributed by atoms with Gasteiger partial charge in [0.2, 0.25) is 0 Å². The van der Waals surface area contributed by atoms with Gasteiger partial charge in [-0.3, -0.25) is 9.69 Å². The number of carbonyl (C=O) groups is 1. The van der Waals surface area contributed by atoms with E-state index in [0.717, 1.165) is 16.6 Å². The van der Waals surface area contributed by atoms with Crippen molar-refractivity contribution in [2.24, 2.45) is 5.73 Å². The molecule has 1 amide bonds. The molecule has 1 unspecified atom stereocenters. The van der Waals surface area contributed by atoms with Crippen molar-refractivity contribution >= 4 is 22.6 Å². The number of ether oxygens (including phenoxy) is 1. The molecule has 1 aliphatic rings. The monoisotopic (exact) mass is 336 g/mol. The van der Waals surface area contributed by atoms with Crippen LogP contribution in [0.1, 0.15) is 0 Å². The summed E-state index contributed by atoms with van der Waals surface area (Å²) in [4.78, 5) is 25.4. The van der Waals surface area contributed by atoms with Crippen molar-refractivity contribution < 1.29 is 9.53 Å². The number of nitrogens with zero attached hydrogens (tertiary/aromatic N) is 2. The van der Waals surface area contributed by atoms with Gasteiger partial charge in [-0.05, 0) is 18.2 Å². The number of anilines is 1. The number of aromatic amines is 1. The summed E-state index contributed by atoms with van der Waals surface area (Å²) in [5.41, 5.74) is 7.61. The van der Waals surface area contributed by atoms with Gasteiger partial charge in [0.1, 0.15) is 6.10 Å². The molecule has 2 heterocycles. The third-order valence-electron chi connectivity index (χ3n) is 4.29. The molecule has 1 aliphatic heterocycles. The fraction of sp³-hybridized carbons (Fsp3) is 0.167. The summed E-state index contributed by atoms with van der Waals surface area (Å²) in [6, 6.07) is 14.7. The van der Waals surface area contributed by atoms with Gasteiger partial charge >= 0.3 is 6.09 Å². The number of hydrogen-bond donors (Lipinski definition) is 2. The predicted octanol–water partition coefficient (Wildman–Crippen LogP) is 1.87. The maximum atomic E-state index is 11.9. The lowest BCUT2D eigenvalue weighted by Gasteiger charge is -2.13. The molecule has 0 saturated carbocycles. The predicted molar refractivity (Wildman–Crippen MR) is 94.5 cm³/mol. The van der Waals surface area contributed by atoms with Crippen molar-refractivity contribution in [1.29, 1.82) is 0 Å². The number of carbonyl (C=O) groups excluding carboxylic acids is 1. The van der Waals surface area contributed by atoms with Crippen LogP contribution in [0.4, 0.5) is 10.5 Å². The third-order valence-corrected chi connectivity index (χ3v) is 4.29. The highest BCUT2D eigenvalue weighted by molar-refractivity contribution is 5.94. The highest BCUT2D eigenvalue weighted by Crippen LogP contribution is 2.28. The van der Waals surface area contributed by atoms with E-state index in [9.17, 15) is 9.59 Å². The first-order valence-electron chi connectivity index (χ1n) is 7.93. The molecule has 0 aliphatic carbocycles. The number of rotatable bonds is 3. The normalized spacial score (nSPS) is 17.1. The van der Waals surface area contributed by atoms with E-state index in [1.54, 1.807) is 11.0 Å². The Morgan fingerprint density at radius 3 is 2.52 bits per heavy atom. The van der Waals surface area contributed by atoms with E-state index in [1.807, 2.05) is 42.5 Å². The SMILES string of the molecule is NCC1CN(c2ccc(-c3n[nH]c(=O)c4ccccc34)cc2)C(=O)O1. The third kappa shape index (κ3) is 2.64. The van der Waals surface area contributed by atoms with Gasteiger partial charge in [-0.15, -0.1) is 0 Å². The van der Waals surface area contributed by atoms with Gasteiger partial charge in [0.05, 0.1) is 17.6 Å². The number of H-pyrrole nitrogens is 1. The topological polar surface area (TPSA) is 101 Å². The zero-order valence-electron chi connectivity index (χ0n) is 13.3. The molecule has 2 aromatic carbocycles. The lowest BCUT2D eigenvalue weighted by Crippen LogP contribution is -2.27. The molecule has 0 radical (unpaired) electrons. The lowest BCUT2D eigenvalue weighted by molar-refractivity contribution is 0.145. The number of nitrogens with two attached hydrogens (primary N) is 1. The molecule has 1 saturated heterocycles. The van der Waals surface area contributed by atoms with Crippen LogP contribution >= 0.6 is 0 Å². The molecule has 3 N–H and O–H groups in total. The van der Waals surface area contributed by atoms with E-state index in [4.69, 9.17) is 10.5 Å². The Morgan fingerprint density at radius 1 is 1.12 bits per heavy atom. The van der Waals surface area contributed by atoms with Gasteiger partial charge in [-0.1, -0.05) is 30.3 Å². The van der Waals surface area contributed by atoms with Crippen molar-refractivity contribution in [2.45, 2.75) is 6.10 Å². The van der Waals surface area contributed by atoms with Crippen LogP contribution in [0.2, 0.25) is 0 Å². The van der Waals surface area contributed by atoms with Crippen LogP contribution < -0.4 is 16.2 Å². The first-order valence-corrected chi connectivity index (χ1v) is 7.93. The minimum atomic E-state index is -0.393. The maximum Gasteiger partial charge on any atom is 0.414 e. The summed E-state index contributed by atoms with van der Waals surface area (Å²) >= 11 is 0. The number of hydrogen-bond acceptors (Lipinski definition) is 5. The van der Waals surface area contributed by atoms with E-state index in [1.165, 1.54) is 0 Å². The van der Waals surface area contributed by atoms with Crippen LogP contribution in [-0.2, 0) is 4.74 Å². The standard InChI is InChI=1S/C18H16N4O3/c19-9-13-10-22(18(24)25-13)12-7-5-11(6-8-12)16-14-3-1-2-4-15(14)17(23)21-20-16/h1-8,13H,9-10,19H2,(H,21,23). The number of aromatic nitrogens is 2. The molecule has 25 heavy (non-hydrogen) atoms. The molecule has 7 nitrogen and oxygen atoms in total. The second-order valence-corrected chi connectivity index (χ2v) is 5.85. The van der Waals surface area contributed by atoms with Crippen molar-refractivity contribution in [3.8, 4) is 11.3 Å². The summed E-state index contributed by atoms with van der Waals surface area (Å²) < 4.78 is 5.17. The molecular formula is C18H16N4O3. The zero-order valence-corrected chi connectivity index (χ0v) is 13.3. The van der Waals surface area contributed by atoms with E-state index in [0.29, 0.717) is 24.2 Å². The smallest absolute Gasteiger partial charge is 0.414 e. The van der Waals surface area contributed by atoms with E-state index < -0.39 is 6.09 Å². The minimum absolute atomic E-state index is 0.219. The summed E-state index contributed by atoms with van der Waals surface area (Å²) in [5, 5.41) is 8.08. The number of benzene rings is 2. The van der Waals surface area contributed by atoms with Gasteiger partial charge < -0.3 is 10.5 Å². The molecule has 3 aromatic rings.